The van der Waals surface area contributed by atoms with Gasteiger partial charge in [-0.25, -0.2) is 9.97 Å². The molecule has 0 spiro atoms. The molecule has 1 aromatic carbocycles. The lowest BCUT2D eigenvalue weighted by atomic mass is 9.99. The molecule has 0 saturated carbocycles. The van der Waals surface area contributed by atoms with Gasteiger partial charge in [0.1, 0.15) is 17.1 Å². The smallest absolute Gasteiger partial charge is 0.165 e. The zero-order valence-corrected chi connectivity index (χ0v) is 19.1. The summed E-state index contributed by atoms with van der Waals surface area (Å²) in [4.78, 5) is 20.5. The fraction of sp³-hybridized carbons (Fsp3) is 0.400. The Morgan fingerprint density at radius 2 is 2.10 bits per heavy atom. The van der Waals surface area contributed by atoms with Crippen LogP contribution in [0.4, 0.5) is 0 Å². The van der Waals surface area contributed by atoms with E-state index in [0.717, 1.165) is 48.1 Å². The van der Waals surface area contributed by atoms with Crippen LogP contribution in [-0.4, -0.2) is 33.4 Å². The van der Waals surface area contributed by atoms with Gasteiger partial charge < -0.3 is 9.88 Å². The Morgan fingerprint density at radius 3 is 2.87 bits per heavy atom. The molecule has 0 aliphatic rings. The number of benzene rings is 1. The van der Waals surface area contributed by atoms with Crippen molar-refractivity contribution >= 4 is 28.4 Å². The van der Waals surface area contributed by atoms with E-state index in [0.29, 0.717) is 17.6 Å². The van der Waals surface area contributed by atoms with Crippen LogP contribution in [0, 0.1) is 23.7 Å². The average Bonchev–Trinajstić information content (AvgIpc) is 3.19. The third kappa shape index (κ3) is 6.16. The number of carbonyl (C=O) groups is 1. The maximum absolute atomic E-state index is 12.1. The largest absolute Gasteiger partial charge is 0.332 e. The molecule has 0 aliphatic heterocycles. The summed E-state index contributed by atoms with van der Waals surface area (Å²) < 4.78 is 2.14. The van der Waals surface area contributed by atoms with E-state index in [2.05, 4.69) is 38.6 Å². The normalized spacial score (nSPS) is 12.0. The number of Topliss-reactive ketones (excluding diaryl/α,β-unsaturated/α-hetero) is 1. The molecule has 0 fully saturated rings. The molecule has 1 atom stereocenters. The molecule has 0 amide bonds. The Labute approximate surface area is 189 Å². The molecule has 2 aromatic heterocycles. The number of hydrogen-bond donors (Lipinski definition) is 1. The standard InChI is InChI=1S/C25H29ClN4O/c1-4-19(10-13-30-14-11-22-24(26)28-17-29-25(22)30)16-27-12-6-8-20-7-5-9-21(15-20)23(31)18(2)3/h5,7,9,11,14-15,17-19,27H,4,10,12-13,16H2,1-3H3. The van der Waals surface area contributed by atoms with Gasteiger partial charge in [-0.1, -0.05) is 62.8 Å². The minimum Gasteiger partial charge on any atom is -0.332 e. The number of ketones is 1. The lowest BCUT2D eigenvalue weighted by Gasteiger charge is -2.15. The minimum absolute atomic E-state index is 0.00943. The Balaban J connectivity index is 1.48. The highest BCUT2D eigenvalue weighted by molar-refractivity contribution is 6.33. The van der Waals surface area contributed by atoms with Crippen molar-refractivity contribution in [1.82, 2.24) is 19.9 Å². The quantitative estimate of drug-likeness (QED) is 0.222. The molecule has 1 N–H and O–H groups in total. The number of nitrogens with one attached hydrogen (secondary N) is 1. The molecule has 31 heavy (non-hydrogen) atoms. The molecular weight excluding hydrogens is 408 g/mol. The molecule has 0 bridgehead atoms. The van der Waals surface area contributed by atoms with E-state index in [9.17, 15) is 4.79 Å². The second-order valence-electron chi connectivity index (χ2n) is 8.01. The Hall–Kier alpha value is -2.68. The van der Waals surface area contributed by atoms with E-state index < -0.39 is 0 Å². The van der Waals surface area contributed by atoms with Gasteiger partial charge in [0.15, 0.2) is 5.78 Å². The van der Waals surface area contributed by atoms with Gasteiger partial charge in [-0.15, -0.1) is 0 Å². The Bertz CT molecular complexity index is 1090. The van der Waals surface area contributed by atoms with Crippen LogP contribution >= 0.6 is 11.6 Å². The zero-order chi connectivity index (χ0) is 22.2. The highest BCUT2D eigenvalue weighted by atomic mass is 35.5. The summed E-state index contributed by atoms with van der Waals surface area (Å²) >= 11 is 6.14. The molecule has 3 rings (SSSR count). The van der Waals surface area contributed by atoms with E-state index in [1.54, 1.807) is 0 Å². The SMILES string of the molecule is CCC(CCn1ccc2c(Cl)ncnc21)CNCC#Cc1cccc(C(=O)C(C)C)c1. The van der Waals surface area contributed by atoms with Crippen molar-refractivity contribution in [2.75, 3.05) is 13.1 Å². The lowest BCUT2D eigenvalue weighted by molar-refractivity contribution is 0.0939. The third-order valence-electron chi connectivity index (χ3n) is 5.41. The number of carbonyl (C=O) groups excluding carboxylic acids is 1. The molecular formula is C25H29ClN4O. The molecule has 3 aromatic rings. The highest BCUT2D eigenvalue weighted by Crippen LogP contribution is 2.21. The van der Waals surface area contributed by atoms with Gasteiger partial charge in [-0.3, -0.25) is 4.79 Å². The maximum atomic E-state index is 12.1. The van der Waals surface area contributed by atoms with Gasteiger partial charge in [-0.05, 0) is 37.1 Å². The van der Waals surface area contributed by atoms with Gasteiger partial charge in [-0.2, -0.15) is 0 Å². The van der Waals surface area contributed by atoms with Crippen LogP contribution < -0.4 is 5.32 Å². The molecule has 1 unspecified atom stereocenters. The maximum Gasteiger partial charge on any atom is 0.165 e. The summed E-state index contributed by atoms with van der Waals surface area (Å²) in [5.41, 5.74) is 2.48. The number of halogens is 1. The summed E-state index contributed by atoms with van der Waals surface area (Å²) in [6.07, 6.45) is 5.67. The summed E-state index contributed by atoms with van der Waals surface area (Å²) in [6, 6.07) is 9.53. The minimum atomic E-state index is -0.00943. The van der Waals surface area contributed by atoms with Crippen LogP contribution in [0.15, 0.2) is 42.9 Å². The first kappa shape index (κ1) is 23.0. The molecule has 0 aliphatic carbocycles. The summed E-state index contributed by atoms with van der Waals surface area (Å²) in [5, 5.41) is 4.83. The number of fused-ring (bicyclic) bond motifs is 1. The zero-order valence-electron chi connectivity index (χ0n) is 18.4. The van der Waals surface area contributed by atoms with E-state index in [1.807, 2.05) is 50.4 Å². The molecule has 162 valence electrons. The molecule has 6 heteroatoms. The Kier molecular flexibility index (Phi) is 8.22. The third-order valence-corrected chi connectivity index (χ3v) is 5.71. The van der Waals surface area contributed by atoms with Crippen molar-refractivity contribution in [3.8, 4) is 11.8 Å². The van der Waals surface area contributed by atoms with Crippen molar-refractivity contribution in [3.63, 3.8) is 0 Å². The van der Waals surface area contributed by atoms with Crippen LogP contribution in [0.3, 0.4) is 0 Å². The molecule has 0 radical (unpaired) electrons. The van der Waals surface area contributed by atoms with Crippen LogP contribution in [0.25, 0.3) is 11.0 Å². The number of aromatic nitrogens is 3. The van der Waals surface area contributed by atoms with E-state index in [1.165, 1.54) is 6.33 Å². The summed E-state index contributed by atoms with van der Waals surface area (Å²) in [7, 11) is 0. The van der Waals surface area contributed by atoms with Crippen LogP contribution in [0.5, 0.6) is 0 Å². The predicted octanol–water partition coefficient (Wildman–Crippen LogP) is 4.98. The van der Waals surface area contributed by atoms with Gasteiger partial charge in [0.2, 0.25) is 0 Å². The molecule has 5 nitrogen and oxygen atoms in total. The van der Waals surface area contributed by atoms with Gasteiger partial charge >= 0.3 is 0 Å². The lowest BCUT2D eigenvalue weighted by Crippen LogP contribution is -2.23. The fourth-order valence-corrected chi connectivity index (χ4v) is 3.69. The fourth-order valence-electron chi connectivity index (χ4n) is 3.49. The van der Waals surface area contributed by atoms with Gasteiger partial charge in [0, 0.05) is 29.8 Å². The van der Waals surface area contributed by atoms with Gasteiger partial charge in [0.05, 0.1) is 11.9 Å². The monoisotopic (exact) mass is 436 g/mol. The number of rotatable bonds is 9. The topological polar surface area (TPSA) is 59.8 Å². The first-order valence-corrected chi connectivity index (χ1v) is 11.2. The number of hydrogen-bond acceptors (Lipinski definition) is 4. The first-order chi connectivity index (χ1) is 15.0. The van der Waals surface area contributed by atoms with Crippen molar-refractivity contribution < 1.29 is 4.79 Å². The second kappa shape index (κ2) is 11.1. The Morgan fingerprint density at radius 1 is 1.26 bits per heavy atom. The van der Waals surface area contributed by atoms with Crippen LogP contribution in [0.1, 0.15) is 49.5 Å². The predicted molar refractivity (Wildman–Crippen MR) is 126 cm³/mol. The second-order valence-corrected chi connectivity index (χ2v) is 8.36. The molecule has 2 heterocycles. The number of aryl methyl sites for hydroxylation is 1. The first-order valence-electron chi connectivity index (χ1n) is 10.8. The van der Waals surface area contributed by atoms with E-state index in [4.69, 9.17) is 11.6 Å². The number of nitrogens with zero attached hydrogens (tertiary/aromatic N) is 3. The molecule has 0 saturated heterocycles. The van der Waals surface area contributed by atoms with Crippen LogP contribution in [0.2, 0.25) is 5.15 Å². The van der Waals surface area contributed by atoms with Gasteiger partial charge in [0.25, 0.3) is 0 Å². The van der Waals surface area contributed by atoms with Crippen molar-refractivity contribution in [3.05, 3.63) is 59.1 Å². The van der Waals surface area contributed by atoms with E-state index >= 15 is 0 Å². The van der Waals surface area contributed by atoms with Crippen molar-refractivity contribution in [1.29, 1.82) is 0 Å². The van der Waals surface area contributed by atoms with Crippen molar-refractivity contribution in [2.24, 2.45) is 11.8 Å². The summed E-state index contributed by atoms with van der Waals surface area (Å²) in [5.74, 6) is 7.01. The van der Waals surface area contributed by atoms with Crippen molar-refractivity contribution in [2.45, 2.75) is 40.2 Å². The highest BCUT2D eigenvalue weighted by Gasteiger charge is 2.11. The summed E-state index contributed by atoms with van der Waals surface area (Å²) in [6.45, 7) is 8.45. The van der Waals surface area contributed by atoms with E-state index in [-0.39, 0.29) is 11.7 Å². The average molecular weight is 437 g/mol. The van der Waals surface area contributed by atoms with Crippen LogP contribution in [-0.2, 0) is 6.54 Å².